The smallest absolute Gasteiger partial charge is 0.337 e. The van der Waals surface area contributed by atoms with Gasteiger partial charge in [0.25, 0.3) is 0 Å². The van der Waals surface area contributed by atoms with Crippen LogP contribution in [0.5, 0.6) is 0 Å². The molecule has 0 saturated carbocycles. The van der Waals surface area contributed by atoms with Crippen LogP contribution in [0.25, 0.3) is 0 Å². The summed E-state index contributed by atoms with van der Waals surface area (Å²) >= 11 is 2.92. The lowest BCUT2D eigenvalue weighted by atomic mass is 10.2. The van der Waals surface area contributed by atoms with Crippen molar-refractivity contribution in [1.82, 2.24) is 0 Å². The number of hydrogen-bond acceptors (Lipinski definition) is 4. The van der Waals surface area contributed by atoms with Gasteiger partial charge in [0.15, 0.2) is 0 Å². The largest absolute Gasteiger partial charge is 0.478 e. The Morgan fingerprint density at radius 3 is 2.67 bits per heavy atom. The molecular weight excluding hydrogens is 268 g/mol. The lowest BCUT2D eigenvalue weighted by molar-refractivity contribution is 0.0689. The molecule has 1 N–H and O–H groups in total. The van der Waals surface area contributed by atoms with E-state index in [-0.39, 0.29) is 0 Å². The Morgan fingerprint density at radius 2 is 2.06 bits per heavy atom. The average molecular weight is 280 g/mol. The Bertz CT molecular complexity index is 535. The fraction of sp³-hybridized carbons (Fsp3) is 0.154. The maximum absolute atomic E-state index is 11.3. The van der Waals surface area contributed by atoms with Crippen LogP contribution in [-0.2, 0) is 5.75 Å². The van der Waals surface area contributed by atoms with E-state index in [4.69, 9.17) is 4.42 Å². The molecule has 0 aliphatic rings. The quantitative estimate of drug-likeness (QED) is 0.839. The minimum absolute atomic E-state index is 0.376. The molecule has 0 spiro atoms. The summed E-state index contributed by atoms with van der Waals surface area (Å²) in [6.45, 7) is 0. The first-order valence-electron chi connectivity index (χ1n) is 5.28. The van der Waals surface area contributed by atoms with Gasteiger partial charge in [-0.3, -0.25) is 0 Å². The predicted octanol–water partition coefficient (Wildman–Crippen LogP) is 3.99. The number of carbonyl (C=O) groups is 1. The molecule has 0 atom stereocenters. The highest BCUT2D eigenvalue weighted by Crippen LogP contribution is 2.32. The molecular formula is C13H12O3S2. The third-order valence-electron chi connectivity index (χ3n) is 2.37. The zero-order valence-corrected chi connectivity index (χ0v) is 11.4. The first kappa shape index (κ1) is 13.1. The maximum Gasteiger partial charge on any atom is 0.337 e. The highest BCUT2D eigenvalue weighted by Gasteiger charge is 2.15. The Balaban J connectivity index is 2.24. The van der Waals surface area contributed by atoms with Crippen LogP contribution in [0.2, 0.25) is 0 Å². The van der Waals surface area contributed by atoms with E-state index in [1.807, 2.05) is 36.6 Å². The molecule has 18 heavy (non-hydrogen) atoms. The standard InChI is InChI=1S/C13H12O3S2/c1-17-10-5-2-6-11(12(10)13(14)15)18-8-9-4-3-7-16-9/h2-7H,8H2,1H3,(H,14,15). The van der Waals surface area contributed by atoms with Crippen molar-refractivity contribution in [3.05, 3.63) is 47.9 Å². The molecule has 0 bridgehead atoms. The van der Waals surface area contributed by atoms with Gasteiger partial charge in [0.1, 0.15) is 5.76 Å². The maximum atomic E-state index is 11.3. The molecule has 0 unspecified atom stereocenters. The highest BCUT2D eigenvalue weighted by molar-refractivity contribution is 7.99. The van der Waals surface area contributed by atoms with E-state index < -0.39 is 5.97 Å². The van der Waals surface area contributed by atoms with Crippen LogP contribution in [0.1, 0.15) is 16.1 Å². The van der Waals surface area contributed by atoms with Gasteiger partial charge in [-0.15, -0.1) is 23.5 Å². The number of rotatable bonds is 5. The van der Waals surface area contributed by atoms with Gasteiger partial charge in [-0.05, 0) is 30.5 Å². The third-order valence-corrected chi connectivity index (χ3v) is 4.23. The lowest BCUT2D eigenvalue weighted by Gasteiger charge is -2.08. The van der Waals surface area contributed by atoms with Crippen LogP contribution in [0, 0.1) is 0 Å². The van der Waals surface area contributed by atoms with Crippen molar-refractivity contribution < 1.29 is 14.3 Å². The molecule has 1 heterocycles. The second kappa shape index (κ2) is 6.02. The van der Waals surface area contributed by atoms with Gasteiger partial charge in [-0.25, -0.2) is 4.79 Å². The number of carboxylic acids is 1. The summed E-state index contributed by atoms with van der Waals surface area (Å²) in [4.78, 5) is 12.9. The average Bonchev–Trinajstić information content (AvgIpc) is 2.88. The zero-order chi connectivity index (χ0) is 13.0. The van der Waals surface area contributed by atoms with Crippen LogP contribution in [0.15, 0.2) is 50.8 Å². The number of aromatic carboxylic acids is 1. The SMILES string of the molecule is CSc1cccc(SCc2ccco2)c1C(=O)O. The fourth-order valence-corrected chi connectivity index (χ4v) is 3.21. The van der Waals surface area contributed by atoms with E-state index in [1.165, 1.54) is 23.5 Å². The van der Waals surface area contributed by atoms with Gasteiger partial charge >= 0.3 is 5.97 Å². The second-order valence-electron chi connectivity index (χ2n) is 3.51. The van der Waals surface area contributed by atoms with Gasteiger partial charge in [0.2, 0.25) is 0 Å². The molecule has 5 heteroatoms. The summed E-state index contributed by atoms with van der Waals surface area (Å²) < 4.78 is 5.24. The highest BCUT2D eigenvalue weighted by atomic mass is 32.2. The molecule has 0 amide bonds. The van der Waals surface area contributed by atoms with E-state index in [2.05, 4.69) is 0 Å². The van der Waals surface area contributed by atoms with Gasteiger partial charge in [-0.2, -0.15) is 0 Å². The van der Waals surface area contributed by atoms with Gasteiger partial charge in [-0.1, -0.05) is 6.07 Å². The van der Waals surface area contributed by atoms with Crippen molar-refractivity contribution in [2.24, 2.45) is 0 Å². The summed E-state index contributed by atoms with van der Waals surface area (Å²) in [6.07, 6.45) is 3.50. The molecule has 0 saturated heterocycles. The first-order chi connectivity index (χ1) is 8.72. The molecule has 3 nitrogen and oxygen atoms in total. The molecule has 94 valence electrons. The van der Waals surface area contributed by atoms with Gasteiger partial charge < -0.3 is 9.52 Å². The molecule has 0 aliphatic heterocycles. The molecule has 1 aromatic heterocycles. The number of carboxylic acid groups (broad SMARTS) is 1. The van der Waals surface area contributed by atoms with E-state index in [0.29, 0.717) is 11.3 Å². The molecule has 0 fully saturated rings. The molecule has 2 rings (SSSR count). The Labute approximate surface area is 114 Å². The van der Waals surface area contributed by atoms with Crippen LogP contribution in [-0.4, -0.2) is 17.3 Å². The van der Waals surface area contributed by atoms with E-state index in [1.54, 1.807) is 6.26 Å². The Hall–Kier alpha value is -1.33. The van der Waals surface area contributed by atoms with E-state index >= 15 is 0 Å². The number of hydrogen-bond donors (Lipinski definition) is 1. The Morgan fingerprint density at radius 1 is 1.28 bits per heavy atom. The summed E-state index contributed by atoms with van der Waals surface area (Å²) in [5.74, 6) is 0.582. The van der Waals surface area contributed by atoms with E-state index in [0.717, 1.165) is 15.6 Å². The Kier molecular flexibility index (Phi) is 4.38. The van der Waals surface area contributed by atoms with Crippen molar-refractivity contribution in [1.29, 1.82) is 0 Å². The van der Waals surface area contributed by atoms with Crippen LogP contribution in [0.3, 0.4) is 0 Å². The topological polar surface area (TPSA) is 50.4 Å². The normalized spacial score (nSPS) is 10.5. The summed E-state index contributed by atoms with van der Waals surface area (Å²) in [5.41, 5.74) is 0.376. The first-order valence-corrected chi connectivity index (χ1v) is 7.49. The van der Waals surface area contributed by atoms with Gasteiger partial charge in [0.05, 0.1) is 17.6 Å². The molecule has 0 radical (unpaired) electrons. The van der Waals surface area contributed by atoms with Crippen LogP contribution < -0.4 is 0 Å². The van der Waals surface area contributed by atoms with Gasteiger partial charge in [0, 0.05) is 9.79 Å². The monoisotopic (exact) mass is 280 g/mol. The zero-order valence-electron chi connectivity index (χ0n) is 9.75. The van der Waals surface area contributed by atoms with E-state index in [9.17, 15) is 9.90 Å². The molecule has 2 aromatic rings. The van der Waals surface area contributed by atoms with Crippen molar-refractivity contribution in [3.8, 4) is 0 Å². The summed E-state index contributed by atoms with van der Waals surface area (Å²) in [7, 11) is 0. The van der Waals surface area contributed by atoms with Crippen LogP contribution >= 0.6 is 23.5 Å². The van der Waals surface area contributed by atoms with Crippen molar-refractivity contribution in [3.63, 3.8) is 0 Å². The lowest BCUT2D eigenvalue weighted by Crippen LogP contribution is -2.01. The van der Waals surface area contributed by atoms with Crippen molar-refractivity contribution >= 4 is 29.5 Å². The van der Waals surface area contributed by atoms with Crippen molar-refractivity contribution in [2.75, 3.05) is 6.26 Å². The number of thioether (sulfide) groups is 2. The molecule has 0 aliphatic carbocycles. The van der Waals surface area contributed by atoms with Crippen molar-refractivity contribution in [2.45, 2.75) is 15.5 Å². The van der Waals surface area contributed by atoms with Crippen LogP contribution in [0.4, 0.5) is 0 Å². The summed E-state index contributed by atoms with van der Waals surface area (Å²) in [5, 5.41) is 9.28. The number of furan rings is 1. The summed E-state index contributed by atoms with van der Waals surface area (Å²) in [6, 6.07) is 9.24. The predicted molar refractivity (Wildman–Crippen MR) is 73.5 cm³/mol. The fourth-order valence-electron chi connectivity index (χ4n) is 1.56. The number of benzene rings is 1. The second-order valence-corrected chi connectivity index (χ2v) is 5.37. The third kappa shape index (κ3) is 2.91. The molecule has 1 aromatic carbocycles. The minimum Gasteiger partial charge on any atom is -0.478 e. The minimum atomic E-state index is -0.887.